The Balaban J connectivity index is 1.42. The molecule has 3 atom stereocenters. The fraction of sp³-hybridized carbons (Fsp3) is 0.300. The number of aryl methyl sites for hydroxylation is 1. The summed E-state index contributed by atoms with van der Waals surface area (Å²) in [7, 11) is 0. The van der Waals surface area contributed by atoms with Crippen LogP contribution in [0.3, 0.4) is 0 Å². The molecule has 2 aromatic carbocycles. The highest BCUT2D eigenvalue weighted by molar-refractivity contribution is 5.94. The molecular formula is C30H31N4O3+. The minimum absolute atomic E-state index is 0.0394. The van der Waals surface area contributed by atoms with Crippen LogP contribution in [0.25, 0.3) is 5.65 Å². The second kappa shape index (κ2) is 8.85. The summed E-state index contributed by atoms with van der Waals surface area (Å²) < 4.78 is 1.66. The standard InChI is InChI=1S/C30H30N4O3/c1-16-12-23(18(3)31-24-11-7-6-10-22(24)30(36)37)28-33-27(17(2)29(35)34(28)15-16)19-13-25-20-8-4-5-9-21(20)26(14-19)32-25/h4-12,15,18-19,25-26,31-32H,13-14H2,1-3H3,(H,36,37)/p+1/t18-,19?,25?,26?/m1/s1. The van der Waals surface area contributed by atoms with E-state index in [0.717, 1.165) is 29.7 Å². The minimum atomic E-state index is -0.985. The van der Waals surface area contributed by atoms with Gasteiger partial charge in [-0.1, -0.05) is 36.4 Å². The van der Waals surface area contributed by atoms with Crippen LogP contribution in [0.5, 0.6) is 0 Å². The molecule has 1 fully saturated rings. The number of para-hydroxylation sites is 1. The van der Waals surface area contributed by atoms with Crippen LogP contribution in [0, 0.1) is 13.8 Å². The van der Waals surface area contributed by atoms with Crippen molar-refractivity contribution in [1.29, 1.82) is 0 Å². The Morgan fingerprint density at radius 3 is 2.41 bits per heavy atom. The Bertz CT molecular complexity index is 1580. The molecule has 6 rings (SSSR count). The smallest absolute Gasteiger partial charge is 0.337 e. The van der Waals surface area contributed by atoms with Gasteiger partial charge in [-0.15, -0.1) is 0 Å². The minimum Gasteiger partial charge on any atom is -0.478 e. The summed E-state index contributed by atoms with van der Waals surface area (Å²) in [4.78, 5) is 30.6. The Labute approximate surface area is 215 Å². The van der Waals surface area contributed by atoms with Crippen LogP contribution in [0.1, 0.15) is 87.7 Å². The van der Waals surface area contributed by atoms with Crippen molar-refractivity contribution in [2.45, 2.75) is 57.7 Å². The van der Waals surface area contributed by atoms with Gasteiger partial charge in [0.1, 0.15) is 17.7 Å². The second-order valence-corrected chi connectivity index (χ2v) is 10.5. The Morgan fingerprint density at radius 2 is 1.73 bits per heavy atom. The number of benzene rings is 2. The van der Waals surface area contributed by atoms with Crippen molar-refractivity contribution in [3.05, 3.63) is 110 Å². The molecule has 0 radical (unpaired) electrons. The Hall–Kier alpha value is -3.97. The first kappa shape index (κ1) is 23.4. The summed E-state index contributed by atoms with van der Waals surface area (Å²) in [5.41, 5.74) is 7.58. The third-order valence-electron chi connectivity index (χ3n) is 8.07. The van der Waals surface area contributed by atoms with Crippen LogP contribution in [-0.2, 0) is 0 Å². The molecule has 2 bridgehead atoms. The lowest BCUT2D eigenvalue weighted by Gasteiger charge is -2.28. The topological polar surface area (TPSA) is 100 Å². The van der Waals surface area contributed by atoms with Crippen LogP contribution in [0.4, 0.5) is 5.69 Å². The monoisotopic (exact) mass is 495 g/mol. The van der Waals surface area contributed by atoms with E-state index in [1.165, 1.54) is 11.1 Å². The van der Waals surface area contributed by atoms with E-state index in [4.69, 9.17) is 4.98 Å². The van der Waals surface area contributed by atoms with Crippen LogP contribution in [0.2, 0.25) is 0 Å². The van der Waals surface area contributed by atoms with Gasteiger partial charge in [0.15, 0.2) is 0 Å². The molecule has 2 aromatic heterocycles. The Morgan fingerprint density at radius 1 is 1.08 bits per heavy atom. The summed E-state index contributed by atoms with van der Waals surface area (Å²) in [6.45, 7) is 5.84. The van der Waals surface area contributed by atoms with Gasteiger partial charge in [0.25, 0.3) is 5.56 Å². The predicted molar refractivity (Wildman–Crippen MR) is 142 cm³/mol. The molecule has 2 aliphatic heterocycles. The lowest BCUT2D eigenvalue weighted by molar-refractivity contribution is -0.733. The van der Waals surface area contributed by atoms with E-state index in [9.17, 15) is 14.7 Å². The normalized spacial score (nSPS) is 21.0. The first-order valence-electron chi connectivity index (χ1n) is 12.9. The number of hydrogen-bond acceptors (Lipinski definition) is 4. The fourth-order valence-corrected chi connectivity index (χ4v) is 6.35. The number of pyridine rings is 1. The first-order chi connectivity index (χ1) is 17.8. The summed E-state index contributed by atoms with van der Waals surface area (Å²) in [6.07, 6.45) is 3.76. The summed E-state index contributed by atoms with van der Waals surface area (Å²) in [5.74, 6) is -0.781. The van der Waals surface area contributed by atoms with Gasteiger partial charge in [0, 0.05) is 52.9 Å². The lowest BCUT2D eigenvalue weighted by Crippen LogP contribution is -2.85. The molecule has 188 valence electrons. The number of anilines is 1. The van der Waals surface area contributed by atoms with E-state index < -0.39 is 5.97 Å². The number of nitrogens with zero attached hydrogens (tertiary/aromatic N) is 2. The molecule has 0 aliphatic carbocycles. The SMILES string of the molecule is Cc1cc([C@@H](C)Nc2ccccc2C(=O)O)c2nc(C3CC4[NH2+]C(C3)c3ccccc34)c(C)c(=O)n2c1. The van der Waals surface area contributed by atoms with Crippen molar-refractivity contribution in [2.75, 3.05) is 5.32 Å². The first-order valence-corrected chi connectivity index (χ1v) is 12.9. The van der Waals surface area contributed by atoms with Gasteiger partial charge in [-0.05, 0) is 44.5 Å². The number of carbonyl (C=O) groups is 1. The van der Waals surface area contributed by atoms with E-state index in [0.29, 0.717) is 29.0 Å². The van der Waals surface area contributed by atoms with Crippen LogP contribution in [0.15, 0.2) is 65.6 Å². The van der Waals surface area contributed by atoms with Gasteiger partial charge in [-0.3, -0.25) is 9.20 Å². The van der Waals surface area contributed by atoms with Gasteiger partial charge < -0.3 is 15.7 Å². The molecule has 0 spiro atoms. The highest BCUT2D eigenvalue weighted by Gasteiger charge is 2.43. The van der Waals surface area contributed by atoms with E-state index in [1.54, 1.807) is 22.6 Å². The highest BCUT2D eigenvalue weighted by Crippen LogP contribution is 2.44. The number of nitrogens with two attached hydrogens (primary N) is 1. The van der Waals surface area contributed by atoms with Crippen molar-refractivity contribution < 1.29 is 15.2 Å². The number of piperidine rings is 1. The fourth-order valence-electron chi connectivity index (χ4n) is 6.35. The van der Waals surface area contributed by atoms with Crippen molar-refractivity contribution in [1.82, 2.24) is 9.38 Å². The van der Waals surface area contributed by atoms with Gasteiger partial charge >= 0.3 is 5.97 Å². The number of quaternary nitrogens is 1. The number of carboxylic acid groups (broad SMARTS) is 1. The molecule has 37 heavy (non-hydrogen) atoms. The zero-order valence-corrected chi connectivity index (χ0v) is 21.2. The van der Waals surface area contributed by atoms with E-state index in [1.807, 2.05) is 39.1 Å². The maximum absolute atomic E-state index is 13.6. The molecule has 0 amide bonds. The number of fused-ring (bicyclic) bond motifs is 6. The Kier molecular flexibility index (Phi) is 5.60. The zero-order chi connectivity index (χ0) is 25.8. The lowest BCUT2D eigenvalue weighted by atomic mass is 9.86. The average molecular weight is 496 g/mol. The average Bonchev–Trinajstić information content (AvgIpc) is 3.15. The van der Waals surface area contributed by atoms with Crippen molar-refractivity contribution in [3.63, 3.8) is 0 Å². The van der Waals surface area contributed by atoms with E-state index in [-0.39, 0.29) is 23.1 Å². The number of hydrogen-bond donors (Lipinski definition) is 3. The molecule has 7 nitrogen and oxygen atoms in total. The molecule has 7 heteroatoms. The van der Waals surface area contributed by atoms with Crippen molar-refractivity contribution in [2.24, 2.45) is 0 Å². The maximum Gasteiger partial charge on any atom is 0.337 e. The second-order valence-electron chi connectivity index (χ2n) is 10.5. The molecular weight excluding hydrogens is 464 g/mol. The van der Waals surface area contributed by atoms with Gasteiger partial charge in [0.2, 0.25) is 0 Å². The van der Waals surface area contributed by atoms with Crippen LogP contribution in [-0.4, -0.2) is 20.5 Å². The van der Waals surface area contributed by atoms with Crippen LogP contribution >= 0.6 is 0 Å². The summed E-state index contributed by atoms with van der Waals surface area (Å²) in [6, 6.07) is 18.1. The molecule has 1 saturated heterocycles. The number of aromatic nitrogens is 2. The van der Waals surface area contributed by atoms with Crippen LogP contribution < -0.4 is 16.2 Å². The number of rotatable bonds is 5. The van der Waals surface area contributed by atoms with Crippen molar-refractivity contribution in [3.8, 4) is 0 Å². The summed E-state index contributed by atoms with van der Waals surface area (Å²) >= 11 is 0. The molecule has 4 heterocycles. The molecule has 2 unspecified atom stereocenters. The van der Waals surface area contributed by atoms with Gasteiger partial charge in [-0.25, -0.2) is 9.78 Å². The largest absolute Gasteiger partial charge is 0.478 e. The molecule has 4 N–H and O–H groups in total. The van der Waals surface area contributed by atoms with Gasteiger partial charge in [-0.2, -0.15) is 0 Å². The molecule has 2 aliphatic rings. The highest BCUT2D eigenvalue weighted by atomic mass is 16.4. The molecule has 0 saturated carbocycles. The van der Waals surface area contributed by atoms with Crippen molar-refractivity contribution >= 4 is 17.3 Å². The quantitative estimate of drug-likeness (QED) is 0.381. The number of nitrogens with one attached hydrogen (secondary N) is 1. The third kappa shape index (κ3) is 3.90. The summed E-state index contributed by atoms with van der Waals surface area (Å²) in [5, 5.41) is 15.4. The number of carboxylic acids is 1. The predicted octanol–water partition coefficient (Wildman–Crippen LogP) is 4.42. The van der Waals surface area contributed by atoms with E-state index in [2.05, 4.69) is 34.9 Å². The third-order valence-corrected chi connectivity index (χ3v) is 8.07. The maximum atomic E-state index is 13.6. The number of aromatic carboxylic acids is 1. The zero-order valence-electron chi connectivity index (χ0n) is 21.2. The van der Waals surface area contributed by atoms with E-state index >= 15 is 0 Å². The molecule has 4 aromatic rings. The van der Waals surface area contributed by atoms with Gasteiger partial charge in [0.05, 0.1) is 17.3 Å².